The Bertz CT molecular complexity index is 290. The molecule has 0 aliphatic carbocycles. The van der Waals surface area contributed by atoms with Crippen molar-refractivity contribution in [3.63, 3.8) is 0 Å². The first-order chi connectivity index (χ1) is 8.43. The van der Waals surface area contributed by atoms with Gasteiger partial charge in [0.1, 0.15) is 0 Å². The molecule has 0 saturated heterocycles. The standard InChI is InChI=1S/C16H24O/c1-2-3-4-5-6-7-11-14-17-15-16-12-9-8-10-13-16/h3-4,8-10,12-13H,2,5-7,11,14-15H2,1H3. The summed E-state index contributed by atoms with van der Waals surface area (Å²) in [5.74, 6) is 0. The van der Waals surface area contributed by atoms with Gasteiger partial charge in [-0.05, 0) is 31.2 Å². The number of benzene rings is 1. The van der Waals surface area contributed by atoms with E-state index in [0.717, 1.165) is 19.6 Å². The Morgan fingerprint density at radius 2 is 1.82 bits per heavy atom. The molecule has 0 radical (unpaired) electrons. The lowest BCUT2D eigenvalue weighted by Crippen LogP contribution is -1.95. The Kier molecular flexibility index (Phi) is 8.31. The number of allylic oxidation sites excluding steroid dienone is 2. The zero-order valence-electron chi connectivity index (χ0n) is 10.9. The lowest BCUT2D eigenvalue weighted by atomic mass is 10.2. The van der Waals surface area contributed by atoms with Crippen molar-refractivity contribution in [2.24, 2.45) is 0 Å². The van der Waals surface area contributed by atoms with Crippen LogP contribution in [0.4, 0.5) is 0 Å². The summed E-state index contributed by atoms with van der Waals surface area (Å²) in [4.78, 5) is 0. The number of ether oxygens (including phenoxy) is 1. The minimum absolute atomic E-state index is 0.747. The number of hydrogen-bond acceptors (Lipinski definition) is 1. The van der Waals surface area contributed by atoms with Crippen LogP contribution >= 0.6 is 0 Å². The molecule has 1 aromatic rings. The maximum atomic E-state index is 5.63. The molecule has 17 heavy (non-hydrogen) atoms. The molecule has 0 aromatic heterocycles. The second kappa shape index (κ2) is 10.1. The van der Waals surface area contributed by atoms with Crippen LogP contribution in [-0.2, 0) is 11.3 Å². The van der Waals surface area contributed by atoms with E-state index in [4.69, 9.17) is 4.74 Å². The van der Waals surface area contributed by atoms with Crippen LogP contribution in [0.3, 0.4) is 0 Å². The molecular formula is C16H24O. The van der Waals surface area contributed by atoms with Crippen LogP contribution in [0.2, 0.25) is 0 Å². The molecule has 0 unspecified atom stereocenters. The predicted octanol–water partition coefficient (Wildman–Crippen LogP) is 4.73. The molecule has 0 amide bonds. The van der Waals surface area contributed by atoms with E-state index in [1.165, 1.54) is 31.2 Å². The van der Waals surface area contributed by atoms with Crippen LogP contribution in [0.1, 0.15) is 44.6 Å². The molecule has 0 bridgehead atoms. The zero-order chi connectivity index (χ0) is 12.2. The van der Waals surface area contributed by atoms with Crippen molar-refractivity contribution in [2.75, 3.05) is 6.61 Å². The molecule has 0 spiro atoms. The van der Waals surface area contributed by atoms with Gasteiger partial charge in [0, 0.05) is 6.61 Å². The summed E-state index contributed by atoms with van der Waals surface area (Å²) in [5, 5.41) is 0. The lowest BCUT2D eigenvalue weighted by Gasteiger charge is -2.03. The third-order valence-corrected chi connectivity index (χ3v) is 2.67. The van der Waals surface area contributed by atoms with Gasteiger partial charge in [0.15, 0.2) is 0 Å². The monoisotopic (exact) mass is 232 g/mol. The van der Waals surface area contributed by atoms with Gasteiger partial charge in [0.2, 0.25) is 0 Å². The summed E-state index contributed by atoms with van der Waals surface area (Å²) in [6.07, 6.45) is 10.6. The van der Waals surface area contributed by atoms with Crippen molar-refractivity contribution in [1.29, 1.82) is 0 Å². The van der Waals surface area contributed by atoms with Gasteiger partial charge in [-0.25, -0.2) is 0 Å². The van der Waals surface area contributed by atoms with Crippen molar-refractivity contribution in [2.45, 2.75) is 45.6 Å². The van der Waals surface area contributed by atoms with Crippen LogP contribution in [0.5, 0.6) is 0 Å². The van der Waals surface area contributed by atoms with Gasteiger partial charge in [-0.15, -0.1) is 0 Å². The maximum Gasteiger partial charge on any atom is 0.0716 e. The molecule has 1 nitrogen and oxygen atoms in total. The minimum Gasteiger partial charge on any atom is -0.377 e. The zero-order valence-corrected chi connectivity index (χ0v) is 10.9. The Labute approximate surface area is 106 Å². The maximum absolute atomic E-state index is 5.63. The van der Waals surface area contributed by atoms with Gasteiger partial charge >= 0.3 is 0 Å². The summed E-state index contributed by atoms with van der Waals surface area (Å²) in [6, 6.07) is 10.4. The fraction of sp³-hybridized carbons (Fsp3) is 0.500. The van der Waals surface area contributed by atoms with Gasteiger partial charge in [-0.2, -0.15) is 0 Å². The predicted molar refractivity (Wildman–Crippen MR) is 74.0 cm³/mol. The average molecular weight is 232 g/mol. The average Bonchev–Trinajstić information content (AvgIpc) is 2.38. The van der Waals surface area contributed by atoms with Crippen molar-refractivity contribution >= 4 is 0 Å². The minimum atomic E-state index is 0.747. The van der Waals surface area contributed by atoms with Gasteiger partial charge in [-0.3, -0.25) is 0 Å². The molecule has 1 aromatic carbocycles. The van der Waals surface area contributed by atoms with Gasteiger partial charge in [0.05, 0.1) is 6.61 Å². The second-order valence-corrected chi connectivity index (χ2v) is 4.27. The van der Waals surface area contributed by atoms with E-state index in [-0.39, 0.29) is 0 Å². The lowest BCUT2D eigenvalue weighted by molar-refractivity contribution is 0.117. The van der Waals surface area contributed by atoms with E-state index in [0.29, 0.717) is 0 Å². The normalized spacial score (nSPS) is 11.1. The molecule has 0 heterocycles. The van der Waals surface area contributed by atoms with E-state index < -0.39 is 0 Å². The van der Waals surface area contributed by atoms with E-state index in [1.54, 1.807) is 0 Å². The first kappa shape index (κ1) is 14.0. The molecule has 0 N–H and O–H groups in total. The quantitative estimate of drug-likeness (QED) is 0.442. The smallest absolute Gasteiger partial charge is 0.0716 e. The summed E-state index contributed by atoms with van der Waals surface area (Å²) >= 11 is 0. The van der Waals surface area contributed by atoms with Gasteiger partial charge < -0.3 is 4.74 Å². The summed E-state index contributed by atoms with van der Waals surface area (Å²) in [6.45, 7) is 3.80. The third kappa shape index (κ3) is 7.76. The molecule has 0 aliphatic heterocycles. The highest BCUT2D eigenvalue weighted by atomic mass is 16.5. The van der Waals surface area contributed by atoms with Crippen LogP contribution in [0.25, 0.3) is 0 Å². The van der Waals surface area contributed by atoms with E-state index >= 15 is 0 Å². The Hall–Kier alpha value is -1.08. The Morgan fingerprint density at radius 3 is 2.59 bits per heavy atom. The third-order valence-electron chi connectivity index (χ3n) is 2.67. The molecule has 0 atom stereocenters. The number of unbranched alkanes of at least 4 members (excludes halogenated alkanes) is 3. The number of hydrogen-bond donors (Lipinski definition) is 0. The fourth-order valence-electron chi connectivity index (χ4n) is 1.69. The Morgan fingerprint density at radius 1 is 1.00 bits per heavy atom. The molecule has 1 rings (SSSR count). The highest BCUT2D eigenvalue weighted by Gasteiger charge is 1.92. The van der Waals surface area contributed by atoms with E-state index in [2.05, 4.69) is 43.3 Å². The van der Waals surface area contributed by atoms with E-state index in [9.17, 15) is 0 Å². The van der Waals surface area contributed by atoms with Crippen molar-refractivity contribution in [1.82, 2.24) is 0 Å². The van der Waals surface area contributed by atoms with Crippen LogP contribution in [0, 0.1) is 0 Å². The summed E-state index contributed by atoms with van der Waals surface area (Å²) in [7, 11) is 0. The fourth-order valence-corrected chi connectivity index (χ4v) is 1.69. The van der Waals surface area contributed by atoms with Crippen LogP contribution < -0.4 is 0 Å². The molecule has 0 saturated carbocycles. The van der Waals surface area contributed by atoms with Crippen molar-refractivity contribution < 1.29 is 4.74 Å². The second-order valence-electron chi connectivity index (χ2n) is 4.27. The van der Waals surface area contributed by atoms with Crippen LogP contribution in [0.15, 0.2) is 42.5 Å². The molecule has 0 fully saturated rings. The highest BCUT2D eigenvalue weighted by molar-refractivity contribution is 5.13. The van der Waals surface area contributed by atoms with Crippen LogP contribution in [-0.4, -0.2) is 6.61 Å². The molecule has 1 heteroatoms. The van der Waals surface area contributed by atoms with E-state index in [1.807, 2.05) is 6.07 Å². The summed E-state index contributed by atoms with van der Waals surface area (Å²) in [5.41, 5.74) is 1.26. The highest BCUT2D eigenvalue weighted by Crippen LogP contribution is 2.04. The first-order valence-electron chi connectivity index (χ1n) is 6.70. The van der Waals surface area contributed by atoms with Gasteiger partial charge in [-0.1, -0.05) is 55.8 Å². The largest absolute Gasteiger partial charge is 0.377 e. The van der Waals surface area contributed by atoms with Gasteiger partial charge in [0.25, 0.3) is 0 Å². The van der Waals surface area contributed by atoms with Crippen molar-refractivity contribution in [3.8, 4) is 0 Å². The molecular weight excluding hydrogens is 208 g/mol. The molecule has 0 aliphatic rings. The number of rotatable bonds is 9. The SMILES string of the molecule is CCC=CCCCCCOCc1ccccc1. The first-order valence-corrected chi connectivity index (χ1v) is 6.70. The Balaban J connectivity index is 1.90. The topological polar surface area (TPSA) is 9.23 Å². The summed E-state index contributed by atoms with van der Waals surface area (Å²) < 4.78 is 5.63. The van der Waals surface area contributed by atoms with Crippen molar-refractivity contribution in [3.05, 3.63) is 48.0 Å². The molecule has 94 valence electrons.